The molecule has 7 heavy (non-hydrogen) atoms. The summed E-state index contributed by atoms with van der Waals surface area (Å²) >= 11 is 0. The van der Waals surface area contributed by atoms with E-state index in [0.717, 1.165) is 0 Å². The van der Waals surface area contributed by atoms with Crippen molar-refractivity contribution in [2.45, 2.75) is 5.78 Å². The van der Waals surface area contributed by atoms with Gasteiger partial charge in [-0.25, -0.2) is 0 Å². The van der Waals surface area contributed by atoms with Gasteiger partial charge in [0.15, 0.2) is 0 Å². The molecule has 0 rings (SSSR count). The van der Waals surface area contributed by atoms with Crippen LogP contribution in [0.5, 0.6) is 0 Å². The normalized spacial score (nSPS) is 14.6. The molecule has 0 radical (unpaired) electrons. The lowest BCUT2D eigenvalue weighted by Crippen LogP contribution is -2.05. The van der Waals surface area contributed by atoms with Gasteiger partial charge in [-0.1, -0.05) is 24.8 Å². The van der Waals surface area contributed by atoms with Crippen molar-refractivity contribution in [3.05, 3.63) is 24.8 Å². The highest BCUT2D eigenvalue weighted by Crippen LogP contribution is 1.90. The van der Waals surface area contributed by atoms with E-state index in [9.17, 15) is 0 Å². The third kappa shape index (κ3) is 5.87. The zero-order valence-electron chi connectivity index (χ0n) is 4.17. The third-order valence-corrected chi connectivity index (χ3v) is 0.692. The van der Waals surface area contributed by atoms with Crippen molar-refractivity contribution in [2.75, 3.05) is 0 Å². The van der Waals surface area contributed by atoms with Crippen molar-refractivity contribution in [1.82, 2.24) is 0 Å². The number of nitrogens with two attached hydrogens (primary N) is 1. The van der Waals surface area contributed by atoms with E-state index in [4.69, 9.17) is 5.73 Å². The highest BCUT2D eigenvalue weighted by atomic mass is 31.0. The van der Waals surface area contributed by atoms with E-state index in [1.807, 2.05) is 12.2 Å². The molecule has 0 aromatic carbocycles. The molecule has 2 N–H and O–H groups in total. The topological polar surface area (TPSA) is 26.0 Å². The van der Waals surface area contributed by atoms with Crippen LogP contribution in [0.25, 0.3) is 0 Å². The molecule has 0 aliphatic heterocycles. The Kier molecular flexibility index (Phi) is 3.97. The molecule has 2 heteroatoms. The van der Waals surface area contributed by atoms with Crippen LogP contribution >= 0.6 is 9.24 Å². The second kappa shape index (κ2) is 4.04. The lowest BCUT2D eigenvalue weighted by Gasteiger charge is -1.88. The zero-order valence-corrected chi connectivity index (χ0v) is 5.33. The monoisotopic (exact) mass is 115 g/mol. The number of allylic oxidation sites excluding steroid dienone is 2. The summed E-state index contributed by atoms with van der Waals surface area (Å²) < 4.78 is 0. The van der Waals surface area contributed by atoms with Gasteiger partial charge in [-0.15, -0.1) is 9.24 Å². The van der Waals surface area contributed by atoms with Gasteiger partial charge in [0.05, 0.1) is 0 Å². The standard InChI is InChI=1S/C5H10NP/c1-2-3-4-5(6)7/h2-5H,1,6-7H2/b4-3-. The van der Waals surface area contributed by atoms with E-state index in [0.29, 0.717) is 0 Å². The van der Waals surface area contributed by atoms with Gasteiger partial charge >= 0.3 is 0 Å². The number of hydrogen-bond acceptors (Lipinski definition) is 1. The summed E-state index contributed by atoms with van der Waals surface area (Å²) in [6.45, 7) is 3.48. The van der Waals surface area contributed by atoms with Gasteiger partial charge in [0.1, 0.15) is 0 Å². The lowest BCUT2D eigenvalue weighted by molar-refractivity contribution is 1.17. The molecule has 0 amide bonds. The molecule has 0 heterocycles. The Morgan fingerprint density at radius 1 is 1.71 bits per heavy atom. The first-order valence-electron chi connectivity index (χ1n) is 2.07. The minimum atomic E-state index is 0.0676. The summed E-state index contributed by atoms with van der Waals surface area (Å²) in [4.78, 5) is 0. The van der Waals surface area contributed by atoms with Crippen LogP contribution in [0.3, 0.4) is 0 Å². The van der Waals surface area contributed by atoms with Crippen LogP contribution in [0.2, 0.25) is 0 Å². The van der Waals surface area contributed by atoms with Crippen LogP contribution in [0.1, 0.15) is 0 Å². The summed E-state index contributed by atoms with van der Waals surface area (Å²) in [6.07, 6.45) is 5.36. The van der Waals surface area contributed by atoms with Crippen LogP contribution in [0.4, 0.5) is 0 Å². The predicted octanol–water partition coefficient (Wildman–Crippen LogP) is 0.888. The molecule has 40 valence electrons. The molecule has 0 bridgehead atoms. The highest BCUT2D eigenvalue weighted by molar-refractivity contribution is 7.17. The predicted molar refractivity (Wildman–Crippen MR) is 37.0 cm³/mol. The second-order valence-electron chi connectivity index (χ2n) is 1.20. The van der Waals surface area contributed by atoms with E-state index in [1.54, 1.807) is 6.08 Å². The zero-order chi connectivity index (χ0) is 5.70. The maximum absolute atomic E-state index is 5.31. The van der Waals surface area contributed by atoms with Crippen molar-refractivity contribution < 1.29 is 0 Å². The molecule has 0 aromatic heterocycles. The molecule has 0 saturated heterocycles. The van der Waals surface area contributed by atoms with Crippen LogP contribution in [-0.4, -0.2) is 5.78 Å². The van der Waals surface area contributed by atoms with E-state index in [-0.39, 0.29) is 5.78 Å². The first-order chi connectivity index (χ1) is 3.27. The number of hydrogen-bond donors (Lipinski definition) is 1. The van der Waals surface area contributed by atoms with Gasteiger partial charge < -0.3 is 5.73 Å². The Bertz CT molecular complexity index is 76.1. The van der Waals surface area contributed by atoms with Crippen LogP contribution in [0.15, 0.2) is 24.8 Å². The summed E-state index contributed by atoms with van der Waals surface area (Å²) in [6, 6.07) is 0. The molecule has 0 aliphatic rings. The summed E-state index contributed by atoms with van der Waals surface area (Å²) in [5, 5.41) is 0. The molecule has 0 aromatic rings. The Hall–Kier alpha value is -0.130. The minimum Gasteiger partial charge on any atom is -0.321 e. The quantitative estimate of drug-likeness (QED) is 0.419. The highest BCUT2D eigenvalue weighted by Gasteiger charge is 1.76. The van der Waals surface area contributed by atoms with Gasteiger partial charge in [-0.3, -0.25) is 0 Å². The maximum atomic E-state index is 5.31. The van der Waals surface area contributed by atoms with E-state index >= 15 is 0 Å². The minimum absolute atomic E-state index is 0.0676. The molecule has 0 fully saturated rings. The van der Waals surface area contributed by atoms with Gasteiger partial charge in [0.25, 0.3) is 0 Å². The second-order valence-corrected chi connectivity index (χ2v) is 1.97. The fourth-order valence-electron chi connectivity index (χ4n) is 0.207. The Morgan fingerprint density at radius 2 is 2.29 bits per heavy atom. The molecule has 0 saturated carbocycles. The van der Waals surface area contributed by atoms with Crippen LogP contribution < -0.4 is 5.73 Å². The SMILES string of the molecule is C=C/C=C\C(N)P. The fraction of sp³-hybridized carbons (Fsp3) is 0.200. The Morgan fingerprint density at radius 3 is 2.43 bits per heavy atom. The molecule has 0 spiro atoms. The Labute approximate surface area is 46.5 Å². The average molecular weight is 115 g/mol. The maximum Gasteiger partial charge on any atom is 0.0371 e. The fourth-order valence-corrected chi connectivity index (χ4v) is 0.335. The van der Waals surface area contributed by atoms with Crippen molar-refractivity contribution in [3.63, 3.8) is 0 Å². The molecule has 2 unspecified atom stereocenters. The van der Waals surface area contributed by atoms with Crippen molar-refractivity contribution in [2.24, 2.45) is 5.73 Å². The summed E-state index contributed by atoms with van der Waals surface area (Å²) in [5.74, 6) is 0.0676. The summed E-state index contributed by atoms with van der Waals surface area (Å²) in [7, 11) is 2.45. The number of rotatable bonds is 2. The Balaban J connectivity index is 3.25. The first-order valence-corrected chi connectivity index (χ1v) is 2.74. The molecule has 1 nitrogen and oxygen atoms in total. The molecule has 0 aliphatic carbocycles. The lowest BCUT2D eigenvalue weighted by atomic mass is 10.5. The van der Waals surface area contributed by atoms with Crippen LogP contribution in [0, 0.1) is 0 Å². The average Bonchev–Trinajstić information content (AvgIpc) is 1.61. The third-order valence-electron chi connectivity index (χ3n) is 0.469. The van der Waals surface area contributed by atoms with Crippen molar-refractivity contribution in [3.8, 4) is 0 Å². The molecular weight excluding hydrogens is 105 g/mol. The van der Waals surface area contributed by atoms with Crippen molar-refractivity contribution in [1.29, 1.82) is 0 Å². The smallest absolute Gasteiger partial charge is 0.0371 e. The van der Waals surface area contributed by atoms with E-state index < -0.39 is 0 Å². The van der Waals surface area contributed by atoms with Gasteiger partial charge in [-0.05, 0) is 0 Å². The van der Waals surface area contributed by atoms with Crippen LogP contribution in [-0.2, 0) is 0 Å². The molecular formula is C5H10NP. The first kappa shape index (κ1) is 6.87. The van der Waals surface area contributed by atoms with E-state index in [2.05, 4.69) is 15.8 Å². The summed E-state index contributed by atoms with van der Waals surface area (Å²) in [5.41, 5.74) is 5.31. The van der Waals surface area contributed by atoms with Gasteiger partial charge in [0, 0.05) is 5.78 Å². The van der Waals surface area contributed by atoms with E-state index in [1.165, 1.54) is 0 Å². The van der Waals surface area contributed by atoms with Gasteiger partial charge in [-0.2, -0.15) is 0 Å². The largest absolute Gasteiger partial charge is 0.321 e. The molecule has 2 atom stereocenters. The van der Waals surface area contributed by atoms with Gasteiger partial charge in [0.2, 0.25) is 0 Å². The van der Waals surface area contributed by atoms with Crippen molar-refractivity contribution >= 4 is 9.24 Å².